The molecule has 1 amide bonds. The zero-order chi connectivity index (χ0) is 16.9. The van der Waals surface area contributed by atoms with Crippen LogP contribution in [0.15, 0.2) is 24.3 Å². The number of aromatic nitrogens is 2. The molecule has 3 rings (SSSR count). The maximum Gasteiger partial charge on any atom is 0.272 e. The summed E-state index contributed by atoms with van der Waals surface area (Å²) in [6.45, 7) is 9.94. The van der Waals surface area contributed by atoms with E-state index in [2.05, 4.69) is 34.5 Å². The Morgan fingerprint density at radius 1 is 1.33 bits per heavy atom. The van der Waals surface area contributed by atoms with Gasteiger partial charge in [-0.15, -0.1) is 0 Å². The number of para-hydroxylation sites is 1. The number of carbonyl (C=O) groups excluding carboxylic acids is 1. The zero-order valence-corrected chi connectivity index (χ0v) is 14.6. The van der Waals surface area contributed by atoms with Crippen molar-refractivity contribution in [1.82, 2.24) is 25.3 Å². The molecule has 0 bridgehead atoms. The molecule has 0 aliphatic carbocycles. The van der Waals surface area contributed by atoms with Gasteiger partial charge in [0.25, 0.3) is 5.91 Å². The summed E-state index contributed by atoms with van der Waals surface area (Å²) in [5.74, 6) is -0.0802. The van der Waals surface area contributed by atoms with E-state index in [4.69, 9.17) is 0 Å². The van der Waals surface area contributed by atoms with Crippen LogP contribution in [0, 0.1) is 0 Å². The molecule has 0 radical (unpaired) electrons. The lowest BCUT2D eigenvalue weighted by molar-refractivity contribution is 0.0942. The number of nitrogens with one attached hydrogen (secondary N) is 2. The Hall–Kier alpha value is -1.92. The van der Waals surface area contributed by atoms with Crippen LogP contribution < -0.4 is 10.6 Å². The Bertz CT molecular complexity index is 690. The normalized spacial score (nSPS) is 17.1. The van der Waals surface area contributed by atoms with Gasteiger partial charge in [-0.25, -0.2) is 0 Å². The van der Waals surface area contributed by atoms with E-state index in [9.17, 15) is 4.79 Å². The first-order valence-corrected chi connectivity index (χ1v) is 8.89. The van der Waals surface area contributed by atoms with Gasteiger partial charge in [0.1, 0.15) is 0 Å². The van der Waals surface area contributed by atoms with Crippen molar-refractivity contribution in [1.29, 1.82) is 0 Å². The van der Waals surface area contributed by atoms with Crippen LogP contribution >= 0.6 is 0 Å². The van der Waals surface area contributed by atoms with Crippen LogP contribution in [-0.4, -0.2) is 59.9 Å². The molecule has 1 atom stereocenters. The molecular weight excluding hydrogens is 302 g/mol. The van der Waals surface area contributed by atoms with Crippen LogP contribution in [0.3, 0.4) is 0 Å². The van der Waals surface area contributed by atoms with Crippen molar-refractivity contribution >= 4 is 16.8 Å². The number of nitrogens with zero attached hydrogens (tertiary/aromatic N) is 3. The van der Waals surface area contributed by atoms with E-state index in [1.165, 1.54) is 0 Å². The predicted octanol–water partition coefficient (Wildman–Crippen LogP) is 1.64. The summed E-state index contributed by atoms with van der Waals surface area (Å²) in [4.78, 5) is 15.0. The van der Waals surface area contributed by atoms with E-state index in [1.54, 1.807) is 0 Å². The molecule has 2 N–H and O–H groups in total. The van der Waals surface area contributed by atoms with Gasteiger partial charge >= 0.3 is 0 Å². The van der Waals surface area contributed by atoms with Crippen LogP contribution in [0.1, 0.15) is 36.8 Å². The molecule has 24 heavy (non-hydrogen) atoms. The molecule has 1 unspecified atom stereocenters. The fourth-order valence-corrected chi connectivity index (χ4v) is 3.11. The topological polar surface area (TPSA) is 62.2 Å². The van der Waals surface area contributed by atoms with Gasteiger partial charge in [-0.2, -0.15) is 5.10 Å². The molecule has 6 nitrogen and oxygen atoms in total. The highest BCUT2D eigenvalue weighted by Crippen LogP contribution is 2.23. The minimum atomic E-state index is -0.0802. The van der Waals surface area contributed by atoms with Gasteiger partial charge in [0, 0.05) is 50.7 Å². The Balaban J connectivity index is 1.70. The molecule has 0 saturated carbocycles. The van der Waals surface area contributed by atoms with Crippen molar-refractivity contribution in [3.63, 3.8) is 0 Å². The predicted molar refractivity (Wildman–Crippen MR) is 96.4 cm³/mol. The molecule has 1 aliphatic heterocycles. The monoisotopic (exact) mass is 329 g/mol. The van der Waals surface area contributed by atoms with E-state index < -0.39 is 0 Å². The number of amides is 1. The van der Waals surface area contributed by atoms with Crippen LogP contribution in [0.25, 0.3) is 10.9 Å². The molecule has 1 saturated heterocycles. The second-order valence-electron chi connectivity index (χ2n) is 6.42. The summed E-state index contributed by atoms with van der Waals surface area (Å²) in [6, 6.07) is 8.24. The molecule has 1 aromatic heterocycles. The van der Waals surface area contributed by atoms with Crippen molar-refractivity contribution in [2.45, 2.75) is 26.3 Å². The summed E-state index contributed by atoms with van der Waals surface area (Å²) in [5.41, 5.74) is 1.56. The van der Waals surface area contributed by atoms with Crippen LogP contribution in [-0.2, 0) is 0 Å². The van der Waals surface area contributed by atoms with E-state index in [0.29, 0.717) is 12.2 Å². The zero-order valence-electron chi connectivity index (χ0n) is 14.6. The minimum Gasteiger partial charge on any atom is -0.349 e. The Morgan fingerprint density at radius 3 is 2.83 bits per heavy atom. The summed E-state index contributed by atoms with van der Waals surface area (Å²) in [7, 11) is 0. The number of hydrogen-bond donors (Lipinski definition) is 2. The van der Waals surface area contributed by atoms with Crippen LogP contribution in [0.5, 0.6) is 0 Å². The number of rotatable bonds is 6. The first-order chi connectivity index (χ1) is 11.7. The Kier molecular flexibility index (Phi) is 5.48. The summed E-state index contributed by atoms with van der Waals surface area (Å²) in [6.07, 6.45) is 0.982. The molecule has 1 fully saturated rings. The summed E-state index contributed by atoms with van der Waals surface area (Å²) >= 11 is 0. The van der Waals surface area contributed by atoms with Gasteiger partial charge in [-0.3, -0.25) is 14.4 Å². The first-order valence-electron chi connectivity index (χ1n) is 8.89. The average molecular weight is 329 g/mol. The van der Waals surface area contributed by atoms with E-state index >= 15 is 0 Å². The fraction of sp³-hybridized carbons (Fsp3) is 0.556. The molecule has 6 heteroatoms. The summed E-state index contributed by atoms with van der Waals surface area (Å²) < 4.78 is 1.97. The van der Waals surface area contributed by atoms with Crippen molar-refractivity contribution in [2.24, 2.45) is 0 Å². The Labute approximate surface area is 143 Å². The second-order valence-corrected chi connectivity index (χ2v) is 6.42. The smallest absolute Gasteiger partial charge is 0.272 e. The number of fused-ring (bicyclic) bond motifs is 1. The average Bonchev–Trinajstić information content (AvgIpc) is 3.02. The third-order valence-corrected chi connectivity index (χ3v) is 4.76. The standard InChI is InChI=1S/C18H27N5O/c1-3-14(2)23-16-7-5-4-6-15(16)17(21-23)18(24)20-10-13-22-11-8-19-9-12-22/h4-7,14,19H,3,8-13H2,1-2H3,(H,20,24). The largest absolute Gasteiger partial charge is 0.349 e. The quantitative estimate of drug-likeness (QED) is 0.846. The van der Waals surface area contributed by atoms with Gasteiger partial charge < -0.3 is 10.6 Å². The highest BCUT2D eigenvalue weighted by Gasteiger charge is 2.19. The number of piperazine rings is 1. The molecule has 1 aliphatic rings. The minimum absolute atomic E-state index is 0.0802. The van der Waals surface area contributed by atoms with Crippen LogP contribution in [0.4, 0.5) is 0 Å². The van der Waals surface area contributed by atoms with Gasteiger partial charge in [-0.05, 0) is 19.4 Å². The van der Waals surface area contributed by atoms with Gasteiger partial charge in [0.05, 0.1) is 5.52 Å². The third-order valence-electron chi connectivity index (χ3n) is 4.76. The highest BCUT2D eigenvalue weighted by molar-refractivity contribution is 6.04. The number of carbonyl (C=O) groups is 1. The molecule has 0 spiro atoms. The Morgan fingerprint density at radius 2 is 2.08 bits per heavy atom. The fourth-order valence-electron chi connectivity index (χ4n) is 3.11. The van der Waals surface area contributed by atoms with Crippen molar-refractivity contribution in [3.8, 4) is 0 Å². The molecular formula is C18H27N5O. The molecule has 1 aromatic carbocycles. The number of hydrogen-bond acceptors (Lipinski definition) is 4. The lowest BCUT2D eigenvalue weighted by Crippen LogP contribution is -2.46. The SMILES string of the molecule is CCC(C)n1nc(C(=O)NCCN2CCNCC2)c2ccccc21. The van der Waals surface area contributed by atoms with Crippen molar-refractivity contribution in [3.05, 3.63) is 30.0 Å². The van der Waals surface area contributed by atoms with Crippen LogP contribution in [0.2, 0.25) is 0 Å². The maximum absolute atomic E-state index is 12.6. The third kappa shape index (κ3) is 3.60. The first kappa shape index (κ1) is 16.9. The van der Waals surface area contributed by atoms with Crippen molar-refractivity contribution < 1.29 is 4.79 Å². The maximum atomic E-state index is 12.6. The van der Waals surface area contributed by atoms with E-state index in [-0.39, 0.29) is 11.9 Å². The lowest BCUT2D eigenvalue weighted by atomic mass is 10.2. The molecule has 2 aromatic rings. The highest BCUT2D eigenvalue weighted by atomic mass is 16.1. The van der Waals surface area contributed by atoms with Gasteiger partial charge in [-0.1, -0.05) is 25.1 Å². The molecule has 2 heterocycles. The molecule has 130 valence electrons. The lowest BCUT2D eigenvalue weighted by Gasteiger charge is -2.26. The van der Waals surface area contributed by atoms with E-state index in [1.807, 2.05) is 28.9 Å². The summed E-state index contributed by atoms with van der Waals surface area (Å²) in [5, 5.41) is 11.9. The van der Waals surface area contributed by atoms with Gasteiger partial charge in [0.2, 0.25) is 0 Å². The van der Waals surface area contributed by atoms with E-state index in [0.717, 1.165) is 50.0 Å². The van der Waals surface area contributed by atoms with Gasteiger partial charge in [0.15, 0.2) is 5.69 Å². The number of benzene rings is 1. The van der Waals surface area contributed by atoms with Crippen molar-refractivity contribution in [2.75, 3.05) is 39.3 Å². The second kappa shape index (κ2) is 7.77.